The van der Waals surface area contributed by atoms with Gasteiger partial charge in [-0.05, 0) is 59.7 Å². The molecule has 0 spiro atoms. The first kappa shape index (κ1) is 18.0. The van der Waals surface area contributed by atoms with Crippen LogP contribution in [0.3, 0.4) is 0 Å². The third-order valence-corrected chi connectivity index (χ3v) is 4.12. The topological polar surface area (TPSA) is 30.5 Å². The largest absolute Gasteiger partial charge is 0.490 e. The summed E-state index contributed by atoms with van der Waals surface area (Å²) in [6.07, 6.45) is 0. The lowest BCUT2D eigenvalue weighted by atomic mass is 10.2. The highest BCUT2D eigenvalue weighted by atomic mass is 79.9. The molecule has 0 aliphatic carbocycles. The fraction of sp³-hybridized carbons (Fsp3) is 0.294. The second-order valence-corrected chi connectivity index (χ2v) is 6.12. The molecule has 3 nitrogen and oxygen atoms in total. The predicted octanol–water partition coefficient (Wildman–Crippen LogP) is 4.94. The molecule has 0 aliphatic heterocycles. The molecule has 0 aromatic heterocycles. The first-order valence-electron chi connectivity index (χ1n) is 7.22. The summed E-state index contributed by atoms with van der Waals surface area (Å²) in [6.45, 7) is 3.13. The molecule has 23 heavy (non-hydrogen) atoms. The van der Waals surface area contributed by atoms with Crippen molar-refractivity contribution in [3.05, 3.63) is 56.8 Å². The molecule has 0 aliphatic rings. The van der Waals surface area contributed by atoms with Gasteiger partial charge in [0.1, 0.15) is 12.4 Å². The average Bonchev–Trinajstić information content (AvgIpc) is 2.49. The van der Waals surface area contributed by atoms with Crippen molar-refractivity contribution in [3.63, 3.8) is 0 Å². The lowest BCUT2D eigenvalue weighted by molar-refractivity contribution is 0.264. The van der Waals surface area contributed by atoms with Crippen molar-refractivity contribution in [2.45, 2.75) is 20.1 Å². The Morgan fingerprint density at radius 3 is 2.70 bits per heavy atom. The van der Waals surface area contributed by atoms with Gasteiger partial charge in [-0.1, -0.05) is 17.7 Å². The zero-order valence-electron chi connectivity index (χ0n) is 13.0. The molecule has 1 N–H and O–H groups in total. The molecule has 0 saturated heterocycles. The molecule has 0 fully saturated rings. The summed E-state index contributed by atoms with van der Waals surface area (Å²) < 4.78 is 26.0. The molecule has 0 amide bonds. The number of hydrogen-bond donors (Lipinski definition) is 1. The van der Waals surface area contributed by atoms with E-state index >= 15 is 0 Å². The minimum absolute atomic E-state index is 0.0234. The number of hydrogen-bond acceptors (Lipinski definition) is 3. The van der Waals surface area contributed by atoms with Crippen LogP contribution in [0.5, 0.6) is 11.5 Å². The monoisotopic (exact) mass is 401 g/mol. The van der Waals surface area contributed by atoms with E-state index in [2.05, 4.69) is 21.2 Å². The van der Waals surface area contributed by atoms with E-state index in [1.807, 2.05) is 26.1 Å². The molecule has 2 rings (SSSR count). The average molecular weight is 403 g/mol. The highest BCUT2D eigenvalue weighted by Crippen LogP contribution is 2.38. The van der Waals surface area contributed by atoms with Crippen molar-refractivity contribution in [2.24, 2.45) is 0 Å². The van der Waals surface area contributed by atoms with Gasteiger partial charge in [0, 0.05) is 12.1 Å². The van der Waals surface area contributed by atoms with Crippen LogP contribution in [0.2, 0.25) is 5.02 Å². The van der Waals surface area contributed by atoms with Gasteiger partial charge in [0.25, 0.3) is 0 Å². The first-order chi connectivity index (χ1) is 11.1. The maximum atomic E-state index is 13.9. The molecular weight excluding hydrogens is 385 g/mol. The Kier molecular flexibility index (Phi) is 6.69. The molecule has 124 valence electrons. The van der Waals surface area contributed by atoms with E-state index in [1.54, 1.807) is 12.1 Å². The number of ether oxygens (including phenoxy) is 2. The van der Waals surface area contributed by atoms with Crippen LogP contribution in [0.15, 0.2) is 34.8 Å². The van der Waals surface area contributed by atoms with Crippen LogP contribution < -0.4 is 14.8 Å². The van der Waals surface area contributed by atoms with Crippen LogP contribution in [0.4, 0.5) is 4.39 Å². The highest BCUT2D eigenvalue weighted by molar-refractivity contribution is 9.10. The van der Waals surface area contributed by atoms with Gasteiger partial charge in [0.2, 0.25) is 0 Å². The van der Waals surface area contributed by atoms with Crippen molar-refractivity contribution in [2.75, 3.05) is 13.7 Å². The Morgan fingerprint density at radius 1 is 1.26 bits per heavy atom. The SMILES string of the molecule is CCOc1cc(CNC)cc(Br)c1OCc1c(F)cccc1Cl. The maximum absolute atomic E-state index is 13.9. The molecule has 2 aromatic rings. The van der Waals surface area contributed by atoms with E-state index in [-0.39, 0.29) is 6.61 Å². The summed E-state index contributed by atoms with van der Waals surface area (Å²) in [5.41, 5.74) is 1.38. The van der Waals surface area contributed by atoms with Crippen molar-refractivity contribution in [1.29, 1.82) is 0 Å². The minimum Gasteiger partial charge on any atom is -0.490 e. The Labute approximate surface area is 148 Å². The highest BCUT2D eigenvalue weighted by Gasteiger charge is 2.14. The van der Waals surface area contributed by atoms with Gasteiger partial charge in [-0.15, -0.1) is 0 Å². The standard InChI is InChI=1S/C17H18BrClFNO2/c1-3-22-16-8-11(9-21-2)7-13(18)17(16)23-10-12-14(19)5-4-6-15(12)20/h4-8,21H,3,9-10H2,1-2H3. The molecule has 0 bridgehead atoms. The Bertz CT molecular complexity index is 662. The van der Waals surface area contributed by atoms with Crippen molar-refractivity contribution in [3.8, 4) is 11.5 Å². The van der Waals surface area contributed by atoms with Gasteiger partial charge in [0.15, 0.2) is 11.5 Å². The Hall–Kier alpha value is -1.30. The summed E-state index contributed by atoms with van der Waals surface area (Å²) in [5.74, 6) is 0.754. The summed E-state index contributed by atoms with van der Waals surface area (Å²) >= 11 is 9.52. The van der Waals surface area contributed by atoms with Crippen LogP contribution >= 0.6 is 27.5 Å². The second kappa shape index (κ2) is 8.52. The minimum atomic E-state index is -0.390. The molecule has 0 atom stereocenters. The van der Waals surface area contributed by atoms with Crippen LogP contribution in [0.25, 0.3) is 0 Å². The van der Waals surface area contributed by atoms with Crippen LogP contribution in [0, 0.1) is 5.82 Å². The molecule has 2 aromatic carbocycles. The summed E-state index contributed by atoms with van der Waals surface area (Å²) in [7, 11) is 1.87. The maximum Gasteiger partial charge on any atom is 0.175 e. The van der Waals surface area contributed by atoms with Gasteiger partial charge < -0.3 is 14.8 Å². The lowest BCUT2D eigenvalue weighted by Gasteiger charge is -2.16. The van der Waals surface area contributed by atoms with E-state index in [0.29, 0.717) is 35.2 Å². The molecule has 0 saturated carbocycles. The molecular formula is C17H18BrClFNO2. The smallest absolute Gasteiger partial charge is 0.175 e. The fourth-order valence-electron chi connectivity index (χ4n) is 2.15. The molecule has 0 heterocycles. The lowest BCUT2D eigenvalue weighted by Crippen LogP contribution is -2.07. The normalized spacial score (nSPS) is 10.7. The summed E-state index contributed by atoms with van der Waals surface area (Å²) in [6, 6.07) is 8.41. The zero-order valence-corrected chi connectivity index (χ0v) is 15.3. The summed E-state index contributed by atoms with van der Waals surface area (Å²) in [4.78, 5) is 0. The summed E-state index contributed by atoms with van der Waals surface area (Å²) in [5, 5.41) is 3.43. The van der Waals surface area contributed by atoms with Gasteiger partial charge in [0.05, 0.1) is 16.1 Å². The van der Waals surface area contributed by atoms with Crippen molar-refractivity contribution < 1.29 is 13.9 Å². The zero-order chi connectivity index (χ0) is 16.8. The second-order valence-electron chi connectivity index (χ2n) is 4.86. The number of benzene rings is 2. The number of halogens is 3. The first-order valence-corrected chi connectivity index (χ1v) is 8.39. The Morgan fingerprint density at radius 2 is 2.04 bits per heavy atom. The number of rotatable bonds is 7. The van der Waals surface area contributed by atoms with Crippen LogP contribution in [-0.2, 0) is 13.2 Å². The van der Waals surface area contributed by atoms with Gasteiger partial charge in [-0.3, -0.25) is 0 Å². The van der Waals surface area contributed by atoms with Gasteiger partial charge >= 0.3 is 0 Å². The van der Waals surface area contributed by atoms with Crippen LogP contribution in [0.1, 0.15) is 18.1 Å². The quantitative estimate of drug-likeness (QED) is 0.711. The number of nitrogens with one attached hydrogen (secondary N) is 1. The third-order valence-electron chi connectivity index (χ3n) is 3.17. The van der Waals surface area contributed by atoms with Crippen molar-refractivity contribution >= 4 is 27.5 Å². The third kappa shape index (κ3) is 4.59. The Balaban J connectivity index is 2.28. The van der Waals surface area contributed by atoms with E-state index in [4.69, 9.17) is 21.1 Å². The predicted molar refractivity (Wildman–Crippen MR) is 93.8 cm³/mol. The van der Waals surface area contributed by atoms with E-state index in [9.17, 15) is 4.39 Å². The van der Waals surface area contributed by atoms with Crippen molar-refractivity contribution in [1.82, 2.24) is 5.32 Å². The van der Waals surface area contributed by atoms with E-state index in [0.717, 1.165) is 10.0 Å². The van der Waals surface area contributed by atoms with E-state index < -0.39 is 5.82 Å². The molecule has 6 heteroatoms. The van der Waals surface area contributed by atoms with Gasteiger partial charge in [-0.25, -0.2) is 4.39 Å². The van der Waals surface area contributed by atoms with Gasteiger partial charge in [-0.2, -0.15) is 0 Å². The molecule has 0 radical (unpaired) electrons. The molecule has 0 unspecified atom stereocenters. The van der Waals surface area contributed by atoms with Crippen LogP contribution in [-0.4, -0.2) is 13.7 Å². The van der Waals surface area contributed by atoms with E-state index in [1.165, 1.54) is 6.07 Å². The fourth-order valence-corrected chi connectivity index (χ4v) is 2.97.